The zero-order valence-electron chi connectivity index (χ0n) is 15.4. The molecule has 27 heavy (non-hydrogen) atoms. The van der Waals surface area contributed by atoms with Crippen molar-refractivity contribution in [1.82, 2.24) is 30.0 Å². The normalized spacial score (nSPS) is 11.4. The van der Waals surface area contributed by atoms with Gasteiger partial charge in [0.25, 0.3) is 5.91 Å². The van der Waals surface area contributed by atoms with Crippen LogP contribution < -0.4 is 5.32 Å². The molecule has 3 N–H and O–H groups in total. The number of aromatic amines is 2. The van der Waals surface area contributed by atoms with E-state index in [0.29, 0.717) is 24.7 Å². The quantitative estimate of drug-likeness (QED) is 0.492. The summed E-state index contributed by atoms with van der Waals surface area (Å²) in [5.41, 5.74) is 3.38. The summed E-state index contributed by atoms with van der Waals surface area (Å²) in [6, 6.07) is 9.81. The minimum absolute atomic E-state index is 0.195. The van der Waals surface area contributed by atoms with Crippen molar-refractivity contribution < 1.29 is 4.79 Å². The van der Waals surface area contributed by atoms with Gasteiger partial charge in [0.05, 0.1) is 12.2 Å². The molecule has 0 spiro atoms. The van der Waals surface area contributed by atoms with Crippen LogP contribution in [0, 0.1) is 0 Å². The van der Waals surface area contributed by atoms with Gasteiger partial charge in [-0.3, -0.25) is 9.89 Å². The van der Waals surface area contributed by atoms with E-state index in [-0.39, 0.29) is 5.91 Å². The zero-order chi connectivity index (χ0) is 18.8. The minimum atomic E-state index is -0.195. The van der Waals surface area contributed by atoms with E-state index < -0.39 is 0 Å². The van der Waals surface area contributed by atoms with Crippen LogP contribution in [0.1, 0.15) is 47.3 Å². The van der Waals surface area contributed by atoms with Gasteiger partial charge in [0, 0.05) is 42.0 Å². The summed E-state index contributed by atoms with van der Waals surface area (Å²) in [7, 11) is 0. The van der Waals surface area contributed by atoms with Gasteiger partial charge in [-0.05, 0) is 23.8 Å². The Hall–Kier alpha value is -3.35. The Kier molecular flexibility index (Phi) is 4.50. The SMILES string of the molecule is CC(C)c1nccn1Cc1cc(C(=O)NCc2cccc3[nH]ccc23)n[nH]1. The lowest BCUT2D eigenvalue weighted by Gasteiger charge is -2.08. The van der Waals surface area contributed by atoms with Crippen molar-refractivity contribution in [2.45, 2.75) is 32.9 Å². The summed E-state index contributed by atoms with van der Waals surface area (Å²) >= 11 is 0. The molecular formula is C20H22N6O. The van der Waals surface area contributed by atoms with Gasteiger partial charge in [-0.25, -0.2) is 4.98 Å². The molecule has 0 bridgehead atoms. The van der Waals surface area contributed by atoms with Gasteiger partial charge in [-0.2, -0.15) is 5.10 Å². The third-order valence-electron chi connectivity index (χ3n) is 4.59. The number of imidazole rings is 1. The first-order valence-electron chi connectivity index (χ1n) is 9.00. The van der Waals surface area contributed by atoms with Crippen LogP contribution in [0.2, 0.25) is 0 Å². The number of rotatable bonds is 6. The number of carbonyl (C=O) groups is 1. The number of nitrogens with zero attached hydrogens (tertiary/aromatic N) is 3. The number of aromatic nitrogens is 5. The standard InChI is InChI=1S/C20H22N6O/c1-13(2)19-22-8-9-26(19)12-15-10-18(25-24-15)20(27)23-11-14-4-3-5-17-16(14)6-7-21-17/h3-10,13,21H,11-12H2,1-2H3,(H,23,27)(H,24,25). The molecule has 7 heteroatoms. The third-order valence-corrected chi connectivity index (χ3v) is 4.59. The second-order valence-electron chi connectivity index (χ2n) is 6.89. The molecule has 0 atom stereocenters. The fourth-order valence-electron chi connectivity index (χ4n) is 3.27. The van der Waals surface area contributed by atoms with Crippen molar-refractivity contribution in [1.29, 1.82) is 0 Å². The maximum Gasteiger partial charge on any atom is 0.272 e. The summed E-state index contributed by atoms with van der Waals surface area (Å²) < 4.78 is 2.06. The number of nitrogens with one attached hydrogen (secondary N) is 3. The number of hydrogen-bond donors (Lipinski definition) is 3. The molecule has 4 aromatic rings. The van der Waals surface area contributed by atoms with Crippen molar-refractivity contribution in [2.24, 2.45) is 0 Å². The van der Waals surface area contributed by atoms with Gasteiger partial charge in [0.2, 0.25) is 0 Å². The fourth-order valence-corrected chi connectivity index (χ4v) is 3.27. The molecule has 0 aliphatic heterocycles. The lowest BCUT2D eigenvalue weighted by atomic mass is 10.1. The van der Waals surface area contributed by atoms with E-state index in [1.54, 1.807) is 12.3 Å². The Bertz CT molecular complexity index is 1070. The molecule has 0 aliphatic carbocycles. The van der Waals surface area contributed by atoms with Gasteiger partial charge in [0.15, 0.2) is 0 Å². The van der Waals surface area contributed by atoms with Crippen LogP contribution in [0.5, 0.6) is 0 Å². The monoisotopic (exact) mass is 362 g/mol. The van der Waals surface area contributed by atoms with E-state index in [1.807, 2.05) is 36.7 Å². The topological polar surface area (TPSA) is 91.4 Å². The molecular weight excluding hydrogens is 340 g/mol. The lowest BCUT2D eigenvalue weighted by Crippen LogP contribution is -2.23. The molecule has 0 radical (unpaired) electrons. The molecule has 0 saturated heterocycles. The van der Waals surface area contributed by atoms with Crippen LogP contribution in [0.3, 0.4) is 0 Å². The zero-order valence-corrected chi connectivity index (χ0v) is 15.4. The molecule has 0 saturated carbocycles. The van der Waals surface area contributed by atoms with Crippen molar-refractivity contribution in [3.8, 4) is 0 Å². The molecule has 7 nitrogen and oxygen atoms in total. The van der Waals surface area contributed by atoms with Gasteiger partial charge >= 0.3 is 0 Å². The van der Waals surface area contributed by atoms with Crippen LogP contribution in [0.25, 0.3) is 10.9 Å². The molecule has 3 heterocycles. The highest BCUT2D eigenvalue weighted by molar-refractivity contribution is 5.92. The Morgan fingerprint density at radius 1 is 1.30 bits per heavy atom. The summed E-state index contributed by atoms with van der Waals surface area (Å²) in [6.07, 6.45) is 5.63. The first-order valence-corrected chi connectivity index (χ1v) is 9.00. The fraction of sp³-hybridized carbons (Fsp3) is 0.250. The van der Waals surface area contributed by atoms with E-state index in [0.717, 1.165) is 28.0 Å². The number of amides is 1. The largest absolute Gasteiger partial charge is 0.361 e. The smallest absolute Gasteiger partial charge is 0.272 e. The van der Waals surface area contributed by atoms with Crippen LogP contribution >= 0.6 is 0 Å². The van der Waals surface area contributed by atoms with Gasteiger partial charge in [-0.1, -0.05) is 26.0 Å². The molecule has 0 unspecified atom stereocenters. The third kappa shape index (κ3) is 3.48. The number of benzene rings is 1. The first kappa shape index (κ1) is 17.1. The molecule has 0 fully saturated rings. The maximum absolute atomic E-state index is 12.5. The van der Waals surface area contributed by atoms with Gasteiger partial charge in [-0.15, -0.1) is 0 Å². The predicted molar refractivity (Wildman–Crippen MR) is 103 cm³/mol. The van der Waals surface area contributed by atoms with Crippen molar-refractivity contribution in [3.63, 3.8) is 0 Å². The summed E-state index contributed by atoms with van der Waals surface area (Å²) in [4.78, 5) is 20.0. The highest BCUT2D eigenvalue weighted by Gasteiger charge is 2.13. The second kappa shape index (κ2) is 7.11. The Balaban J connectivity index is 1.43. The minimum Gasteiger partial charge on any atom is -0.361 e. The lowest BCUT2D eigenvalue weighted by molar-refractivity contribution is 0.0946. The van der Waals surface area contributed by atoms with E-state index in [4.69, 9.17) is 0 Å². The highest BCUT2D eigenvalue weighted by Crippen LogP contribution is 2.17. The summed E-state index contributed by atoms with van der Waals surface area (Å²) in [5, 5.41) is 11.2. The second-order valence-corrected chi connectivity index (χ2v) is 6.89. The number of H-pyrrole nitrogens is 2. The van der Waals surface area contributed by atoms with Crippen molar-refractivity contribution >= 4 is 16.8 Å². The van der Waals surface area contributed by atoms with E-state index in [1.165, 1.54) is 0 Å². The Labute approximate surface area is 156 Å². The molecule has 3 aromatic heterocycles. The van der Waals surface area contributed by atoms with E-state index in [9.17, 15) is 4.79 Å². The summed E-state index contributed by atoms with van der Waals surface area (Å²) in [6.45, 7) is 5.27. The maximum atomic E-state index is 12.5. The van der Waals surface area contributed by atoms with Gasteiger partial charge in [0.1, 0.15) is 11.5 Å². The molecule has 138 valence electrons. The van der Waals surface area contributed by atoms with E-state index >= 15 is 0 Å². The van der Waals surface area contributed by atoms with Crippen LogP contribution in [-0.2, 0) is 13.1 Å². The first-order chi connectivity index (χ1) is 13.1. The Morgan fingerprint density at radius 2 is 2.19 bits per heavy atom. The van der Waals surface area contributed by atoms with Gasteiger partial charge < -0.3 is 14.9 Å². The Morgan fingerprint density at radius 3 is 3.04 bits per heavy atom. The van der Waals surface area contributed by atoms with Crippen LogP contribution in [0.15, 0.2) is 48.9 Å². The average molecular weight is 362 g/mol. The van der Waals surface area contributed by atoms with E-state index in [2.05, 4.69) is 43.9 Å². The molecule has 1 aromatic carbocycles. The van der Waals surface area contributed by atoms with Crippen LogP contribution in [-0.4, -0.2) is 30.6 Å². The van der Waals surface area contributed by atoms with Crippen LogP contribution in [0.4, 0.5) is 0 Å². The average Bonchev–Trinajstić information content (AvgIpc) is 3.40. The van der Waals surface area contributed by atoms with Crippen molar-refractivity contribution in [3.05, 3.63) is 71.7 Å². The number of carbonyl (C=O) groups excluding carboxylic acids is 1. The predicted octanol–water partition coefficient (Wildman–Crippen LogP) is 3.19. The number of hydrogen-bond acceptors (Lipinski definition) is 3. The van der Waals surface area contributed by atoms with Crippen molar-refractivity contribution in [2.75, 3.05) is 0 Å². The molecule has 4 rings (SSSR count). The molecule has 1 amide bonds. The number of fused-ring (bicyclic) bond motifs is 1. The molecule has 0 aliphatic rings. The highest BCUT2D eigenvalue weighted by atomic mass is 16.1. The summed E-state index contributed by atoms with van der Waals surface area (Å²) in [5.74, 6) is 1.15.